The first kappa shape index (κ1) is 18.4. The third-order valence-corrected chi connectivity index (χ3v) is 4.45. The molecule has 7 nitrogen and oxygen atoms in total. The quantitative estimate of drug-likeness (QED) is 0.725. The van der Waals surface area contributed by atoms with Gasteiger partial charge in [-0.2, -0.15) is 0 Å². The van der Waals surface area contributed by atoms with E-state index in [0.717, 1.165) is 11.4 Å². The zero-order chi connectivity index (χ0) is 19.7. The number of hydroxylamine groups is 1. The van der Waals surface area contributed by atoms with Crippen LogP contribution in [0.15, 0.2) is 47.8 Å². The molecule has 1 N–H and O–H groups in total. The van der Waals surface area contributed by atoms with Crippen LogP contribution in [-0.2, 0) is 4.84 Å². The molecule has 1 aromatic carbocycles. The van der Waals surface area contributed by atoms with Crippen LogP contribution in [0.4, 0.5) is 4.39 Å². The van der Waals surface area contributed by atoms with Gasteiger partial charge in [-0.05, 0) is 42.8 Å². The number of aromatic nitrogens is 3. The van der Waals surface area contributed by atoms with Gasteiger partial charge < -0.3 is 9.30 Å². The maximum atomic E-state index is 13.7. The summed E-state index contributed by atoms with van der Waals surface area (Å²) in [6.45, 7) is 2.15. The zero-order valence-electron chi connectivity index (χ0n) is 15.2. The molecule has 0 bridgehead atoms. The Morgan fingerprint density at radius 2 is 2.18 bits per heavy atom. The fourth-order valence-electron chi connectivity index (χ4n) is 2.93. The van der Waals surface area contributed by atoms with E-state index in [-0.39, 0.29) is 6.61 Å². The van der Waals surface area contributed by atoms with E-state index in [9.17, 15) is 4.39 Å². The molecular weight excluding hydrogens is 385 g/mol. The average molecular weight is 402 g/mol. The van der Waals surface area contributed by atoms with Crippen LogP contribution in [0.5, 0.6) is 5.88 Å². The first-order chi connectivity index (χ1) is 13.5. The third-order valence-electron chi connectivity index (χ3n) is 4.23. The molecule has 0 radical (unpaired) electrons. The topological polar surface area (TPSA) is 73.6 Å². The fourth-order valence-corrected chi connectivity index (χ4v) is 3.16. The van der Waals surface area contributed by atoms with Gasteiger partial charge in [0, 0.05) is 11.2 Å². The Hall–Kier alpha value is -2.97. The second-order valence-corrected chi connectivity index (χ2v) is 6.69. The summed E-state index contributed by atoms with van der Waals surface area (Å²) in [7, 11) is 1.55. The molecule has 4 rings (SSSR count). The van der Waals surface area contributed by atoms with Crippen molar-refractivity contribution in [2.45, 2.75) is 13.0 Å². The minimum atomic E-state index is -0.419. The minimum Gasteiger partial charge on any atom is -0.479 e. The summed E-state index contributed by atoms with van der Waals surface area (Å²) in [4.78, 5) is 18.8. The van der Waals surface area contributed by atoms with Crippen molar-refractivity contribution in [1.29, 1.82) is 0 Å². The summed E-state index contributed by atoms with van der Waals surface area (Å²) in [5.74, 6) is 0.413. The molecule has 2 aromatic heterocycles. The molecule has 0 aliphatic carbocycles. The number of nitrogens with one attached hydrogen (secondary N) is 1. The number of nitrogens with zero attached hydrogens (tertiary/aromatic N) is 4. The molecule has 144 valence electrons. The third kappa shape index (κ3) is 3.69. The maximum Gasteiger partial charge on any atom is 0.238 e. The number of hydrogen-bond donors (Lipinski definition) is 1. The highest BCUT2D eigenvalue weighted by atomic mass is 35.5. The van der Waals surface area contributed by atoms with Gasteiger partial charge in [0.25, 0.3) is 0 Å². The Morgan fingerprint density at radius 3 is 2.89 bits per heavy atom. The van der Waals surface area contributed by atoms with Crippen molar-refractivity contribution in [3.8, 4) is 11.6 Å². The van der Waals surface area contributed by atoms with Gasteiger partial charge in [0.2, 0.25) is 5.88 Å². The Bertz CT molecular complexity index is 1030. The highest BCUT2D eigenvalue weighted by Crippen LogP contribution is 2.26. The predicted octanol–water partition coefficient (Wildman–Crippen LogP) is 3.40. The Kier molecular flexibility index (Phi) is 4.97. The van der Waals surface area contributed by atoms with Gasteiger partial charge in [-0.3, -0.25) is 9.83 Å². The number of benzene rings is 1. The molecule has 9 heteroatoms. The molecule has 0 saturated carbocycles. The van der Waals surface area contributed by atoms with Crippen LogP contribution in [-0.4, -0.2) is 34.1 Å². The second-order valence-electron chi connectivity index (χ2n) is 6.26. The van der Waals surface area contributed by atoms with Crippen LogP contribution in [0.3, 0.4) is 0 Å². The van der Waals surface area contributed by atoms with Crippen molar-refractivity contribution in [2.24, 2.45) is 4.99 Å². The van der Waals surface area contributed by atoms with Crippen LogP contribution in [0.2, 0.25) is 5.02 Å². The van der Waals surface area contributed by atoms with Gasteiger partial charge in [-0.1, -0.05) is 11.6 Å². The Morgan fingerprint density at radius 1 is 1.32 bits per heavy atom. The van der Waals surface area contributed by atoms with E-state index in [1.165, 1.54) is 12.1 Å². The molecule has 1 atom stereocenters. The van der Waals surface area contributed by atoms with Crippen LogP contribution in [0.1, 0.15) is 23.0 Å². The van der Waals surface area contributed by atoms with Crippen LogP contribution < -0.4 is 10.2 Å². The number of imidazole rings is 1. The monoisotopic (exact) mass is 401 g/mol. The standard InChI is InChI=1S/C19H17ClFN5O2/c1-11-8-26(10-22-11)17-4-3-15(24-19(17)27-2)18-23-16(9-28-25-18)12-5-13(20)7-14(21)6-12/h3-8,10,16H,9H2,1-2H3,(H,23,25). The van der Waals surface area contributed by atoms with E-state index in [1.54, 1.807) is 25.6 Å². The summed E-state index contributed by atoms with van der Waals surface area (Å²) in [5, 5.41) is 0.310. The second kappa shape index (κ2) is 7.57. The van der Waals surface area contributed by atoms with Crippen LogP contribution in [0.25, 0.3) is 5.69 Å². The van der Waals surface area contributed by atoms with E-state index < -0.39 is 11.9 Å². The van der Waals surface area contributed by atoms with Gasteiger partial charge in [-0.25, -0.2) is 19.8 Å². The Labute approximate surface area is 165 Å². The zero-order valence-corrected chi connectivity index (χ0v) is 15.9. The highest BCUT2D eigenvalue weighted by molar-refractivity contribution is 6.30. The molecule has 0 amide bonds. The van der Waals surface area contributed by atoms with E-state index in [1.807, 2.05) is 23.8 Å². The van der Waals surface area contributed by atoms with Gasteiger partial charge >= 0.3 is 0 Å². The molecule has 1 aliphatic heterocycles. The van der Waals surface area contributed by atoms with Crippen molar-refractivity contribution in [3.63, 3.8) is 0 Å². The number of methoxy groups -OCH3 is 1. The summed E-state index contributed by atoms with van der Waals surface area (Å²) in [6, 6.07) is 7.56. The number of ether oxygens (including phenoxy) is 1. The fraction of sp³-hybridized carbons (Fsp3) is 0.211. The molecule has 1 unspecified atom stereocenters. The lowest BCUT2D eigenvalue weighted by molar-refractivity contribution is 0.0620. The maximum absolute atomic E-state index is 13.7. The summed E-state index contributed by atoms with van der Waals surface area (Å²) in [5.41, 5.74) is 5.56. The normalized spacial score (nSPS) is 16.4. The van der Waals surface area contributed by atoms with E-state index in [0.29, 0.717) is 28.0 Å². The lowest BCUT2D eigenvalue weighted by Crippen LogP contribution is -2.33. The van der Waals surface area contributed by atoms with Gasteiger partial charge in [-0.15, -0.1) is 0 Å². The summed E-state index contributed by atoms with van der Waals surface area (Å²) < 4.78 is 20.9. The molecule has 3 aromatic rings. The largest absolute Gasteiger partial charge is 0.479 e. The molecule has 28 heavy (non-hydrogen) atoms. The lowest BCUT2D eigenvalue weighted by Gasteiger charge is -2.22. The first-order valence-electron chi connectivity index (χ1n) is 8.51. The van der Waals surface area contributed by atoms with Crippen molar-refractivity contribution in [1.82, 2.24) is 20.0 Å². The molecule has 0 spiro atoms. The van der Waals surface area contributed by atoms with Crippen molar-refractivity contribution in [2.75, 3.05) is 13.7 Å². The molecule has 0 saturated heterocycles. The first-order valence-corrected chi connectivity index (χ1v) is 8.89. The smallest absolute Gasteiger partial charge is 0.238 e. The average Bonchev–Trinajstić information content (AvgIpc) is 3.13. The van der Waals surface area contributed by atoms with Crippen molar-refractivity contribution < 1.29 is 14.0 Å². The van der Waals surface area contributed by atoms with E-state index in [4.69, 9.17) is 21.2 Å². The van der Waals surface area contributed by atoms with Crippen molar-refractivity contribution >= 4 is 17.4 Å². The number of hydrogen-bond acceptors (Lipinski definition) is 6. The van der Waals surface area contributed by atoms with E-state index >= 15 is 0 Å². The predicted molar refractivity (Wildman–Crippen MR) is 102 cm³/mol. The highest BCUT2D eigenvalue weighted by Gasteiger charge is 2.21. The number of amidine groups is 1. The lowest BCUT2D eigenvalue weighted by atomic mass is 10.1. The van der Waals surface area contributed by atoms with Gasteiger partial charge in [0.05, 0.1) is 19.1 Å². The Balaban J connectivity index is 1.68. The molecule has 1 aliphatic rings. The van der Waals surface area contributed by atoms with Crippen LogP contribution >= 0.6 is 11.6 Å². The number of aliphatic imine (C=N–C) groups is 1. The van der Waals surface area contributed by atoms with Crippen molar-refractivity contribution in [3.05, 3.63) is 70.6 Å². The number of aryl methyl sites for hydroxylation is 1. The number of halogens is 2. The SMILES string of the molecule is COc1nc(C2=NC(c3cc(F)cc(Cl)c3)CON2)ccc1-n1cnc(C)c1. The molecular formula is C19H17ClFN5O2. The number of pyridine rings is 1. The minimum absolute atomic E-state index is 0.243. The van der Waals surface area contributed by atoms with Crippen LogP contribution in [0, 0.1) is 12.7 Å². The summed E-state index contributed by atoms with van der Waals surface area (Å²) >= 11 is 5.96. The molecule has 3 heterocycles. The van der Waals surface area contributed by atoms with Gasteiger partial charge in [0.1, 0.15) is 29.8 Å². The van der Waals surface area contributed by atoms with E-state index in [2.05, 4.69) is 20.4 Å². The summed E-state index contributed by atoms with van der Waals surface area (Å²) in [6.07, 6.45) is 3.57. The molecule has 0 fully saturated rings. The van der Waals surface area contributed by atoms with Gasteiger partial charge in [0.15, 0.2) is 5.84 Å². The number of rotatable bonds is 4.